The van der Waals surface area contributed by atoms with Crippen LogP contribution >= 0.6 is 35.3 Å². The number of thiazole rings is 1. The maximum absolute atomic E-state index is 6.11. The molecule has 1 N–H and O–H groups in total. The van der Waals surface area contributed by atoms with Gasteiger partial charge in [0.1, 0.15) is 5.01 Å². The van der Waals surface area contributed by atoms with Crippen LogP contribution in [-0.2, 0) is 11.3 Å². The zero-order chi connectivity index (χ0) is 18.6. The smallest absolute Gasteiger partial charge is 0.193 e. The minimum atomic E-state index is -0.0659. The third-order valence-corrected chi connectivity index (χ3v) is 5.28. The zero-order valence-corrected chi connectivity index (χ0v) is 20.4. The summed E-state index contributed by atoms with van der Waals surface area (Å²) < 4.78 is 6.11. The second-order valence-electron chi connectivity index (χ2n) is 8.02. The summed E-state index contributed by atoms with van der Waals surface area (Å²) in [5.41, 5.74) is 1.15. The van der Waals surface area contributed by atoms with Crippen molar-refractivity contribution in [1.82, 2.24) is 15.2 Å². The molecule has 0 amide bonds. The van der Waals surface area contributed by atoms with Crippen molar-refractivity contribution in [2.24, 2.45) is 4.99 Å². The summed E-state index contributed by atoms with van der Waals surface area (Å²) in [6.45, 7) is 15.6. The number of likely N-dealkylation sites (tertiary alicyclic amines) is 1. The molecule has 1 fully saturated rings. The molecule has 26 heavy (non-hydrogen) atoms. The molecule has 0 spiro atoms. The highest BCUT2D eigenvalue weighted by molar-refractivity contribution is 14.0. The fourth-order valence-corrected chi connectivity index (χ4v) is 4.28. The van der Waals surface area contributed by atoms with Gasteiger partial charge in [-0.3, -0.25) is 4.99 Å². The van der Waals surface area contributed by atoms with Crippen LogP contribution in [0.5, 0.6) is 0 Å². The number of hydrogen-bond donors (Lipinski definition) is 1. The van der Waals surface area contributed by atoms with Gasteiger partial charge in [-0.1, -0.05) is 13.8 Å². The first kappa shape index (κ1) is 23.6. The van der Waals surface area contributed by atoms with E-state index in [1.54, 1.807) is 11.3 Å². The van der Waals surface area contributed by atoms with E-state index in [0.717, 1.165) is 43.4 Å². The normalized spacial score (nSPS) is 16.8. The number of ether oxygens (including phenoxy) is 1. The summed E-state index contributed by atoms with van der Waals surface area (Å²) in [5.74, 6) is 1.44. The Morgan fingerprint density at radius 3 is 2.42 bits per heavy atom. The number of aliphatic imine (C=N–C) groups is 1. The average Bonchev–Trinajstić information content (AvgIpc) is 2.89. The Balaban J connectivity index is 0.00000338. The van der Waals surface area contributed by atoms with Crippen molar-refractivity contribution in [1.29, 1.82) is 0 Å². The molecular formula is C19H35IN4OS. The number of hydrogen-bond acceptors (Lipinski definition) is 4. The lowest BCUT2D eigenvalue weighted by molar-refractivity contribution is -0.0772. The van der Waals surface area contributed by atoms with Gasteiger partial charge in [0.2, 0.25) is 0 Å². The summed E-state index contributed by atoms with van der Waals surface area (Å²) in [4.78, 5) is 12.9. The summed E-state index contributed by atoms with van der Waals surface area (Å²) in [5, 5.41) is 4.61. The van der Waals surface area contributed by atoms with Gasteiger partial charge < -0.3 is 15.0 Å². The minimum absolute atomic E-state index is 0. The first-order valence-corrected chi connectivity index (χ1v) is 10.1. The lowest BCUT2D eigenvalue weighted by Crippen LogP contribution is -2.47. The van der Waals surface area contributed by atoms with Gasteiger partial charge in [0.05, 0.1) is 23.9 Å². The molecular weight excluding hydrogens is 459 g/mol. The Kier molecular flexibility index (Phi) is 9.29. The van der Waals surface area contributed by atoms with Crippen LogP contribution in [0.1, 0.15) is 69.0 Å². The van der Waals surface area contributed by atoms with Crippen LogP contribution in [0, 0.1) is 6.92 Å². The second-order valence-corrected chi connectivity index (χ2v) is 9.31. The molecule has 1 aromatic rings. The number of aromatic nitrogens is 1. The molecule has 0 saturated carbocycles. The van der Waals surface area contributed by atoms with E-state index >= 15 is 0 Å². The van der Waals surface area contributed by atoms with Crippen LogP contribution in [0.15, 0.2) is 4.99 Å². The van der Waals surface area contributed by atoms with Gasteiger partial charge in [0, 0.05) is 25.0 Å². The monoisotopic (exact) mass is 494 g/mol. The fourth-order valence-electron chi connectivity index (χ4n) is 3.25. The molecule has 0 unspecified atom stereocenters. The molecule has 2 heterocycles. The molecule has 150 valence electrons. The summed E-state index contributed by atoms with van der Waals surface area (Å²) in [6.07, 6.45) is 2.45. The second kappa shape index (κ2) is 10.2. The first-order valence-electron chi connectivity index (χ1n) is 9.29. The third-order valence-electron chi connectivity index (χ3n) is 4.29. The molecule has 5 nitrogen and oxygen atoms in total. The predicted octanol–water partition coefficient (Wildman–Crippen LogP) is 4.55. The maximum Gasteiger partial charge on any atom is 0.193 e. The van der Waals surface area contributed by atoms with Crippen molar-refractivity contribution in [3.8, 4) is 0 Å². The molecule has 0 aromatic carbocycles. The van der Waals surface area contributed by atoms with E-state index in [1.807, 2.05) is 7.05 Å². The number of guanidine groups is 1. The van der Waals surface area contributed by atoms with E-state index in [4.69, 9.17) is 9.72 Å². The summed E-state index contributed by atoms with van der Waals surface area (Å²) in [6, 6.07) is 0. The van der Waals surface area contributed by atoms with Crippen molar-refractivity contribution in [2.45, 2.75) is 78.6 Å². The molecule has 0 atom stereocenters. The topological polar surface area (TPSA) is 49.8 Å². The highest BCUT2D eigenvalue weighted by atomic mass is 127. The van der Waals surface area contributed by atoms with E-state index in [0.29, 0.717) is 12.0 Å². The lowest BCUT2D eigenvalue weighted by atomic mass is 10.1. The molecule has 2 rings (SSSR count). The van der Waals surface area contributed by atoms with Gasteiger partial charge >= 0.3 is 0 Å². The van der Waals surface area contributed by atoms with Gasteiger partial charge in [-0.25, -0.2) is 4.98 Å². The highest BCUT2D eigenvalue weighted by Gasteiger charge is 2.25. The van der Waals surface area contributed by atoms with E-state index < -0.39 is 0 Å². The number of aryl methyl sites for hydroxylation is 1. The van der Waals surface area contributed by atoms with E-state index in [2.05, 4.69) is 56.8 Å². The Morgan fingerprint density at radius 1 is 1.35 bits per heavy atom. The van der Waals surface area contributed by atoms with Crippen LogP contribution in [0.4, 0.5) is 0 Å². The molecule has 1 aromatic heterocycles. The van der Waals surface area contributed by atoms with Crippen molar-refractivity contribution in [3.05, 3.63) is 15.6 Å². The Hall–Kier alpha value is -0.410. The van der Waals surface area contributed by atoms with Gasteiger partial charge in [-0.05, 0) is 46.5 Å². The molecule has 7 heteroatoms. The number of nitrogens with zero attached hydrogens (tertiary/aromatic N) is 3. The molecule has 1 aliphatic rings. The van der Waals surface area contributed by atoms with Crippen molar-refractivity contribution in [2.75, 3.05) is 20.1 Å². The van der Waals surface area contributed by atoms with Crippen molar-refractivity contribution < 1.29 is 4.74 Å². The lowest BCUT2D eigenvalue weighted by Gasteiger charge is -2.36. The van der Waals surface area contributed by atoms with Gasteiger partial charge in [0.15, 0.2) is 5.96 Å². The van der Waals surface area contributed by atoms with Crippen LogP contribution in [0.2, 0.25) is 0 Å². The third kappa shape index (κ3) is 6.96. The van der Waals surface area contributed by atoms with E-state index in [-0.39, 0.29) is 29.6 Å². The maximum atomic E-state index is 6.11. The molecule has 1 saturated heterocycles. The van der Waals surface area contributed by atoms with E-state index in [1.165, 1.54) is 10.6 Å². The molecule has 0 aliphatic carbocycles. The largest absolute Gasteiger partial charge is 0.372 e. The quantitative estimate of drug-likeness (QED) is 0.379. The van der Waals surface area contributed by atoms with Gasteiger partial charge in [-0.2, -0.15) is 0 Å². The molecule has 0 bridgehead atoms. The van der Waals surface area contributed by atoms with Gasteiger partial charge in [-0.15, -0.1) is 35.3 Å². The van der Waals surface area contributed by atoms with Crippen LogP contribution in [0.25, 0.3) is 0 Å². The Morgan fingerprint density at radius 2 is 1.96 bits per heavy atom. The van der Waals surface area contributed by atoms with Crippen LogP contribution in [0.3, 0.4) is 0 Å². The fraction of sp³-hybridized carbons (Fsp3) is 0.789. The minimum Gasteiger partial charge on any atom is -0.372 e. The molecule has 1 aliphatic heterocycles. The van der Waals surface area contributed by atoms with E-state index in [9.17, 15) is 0 Å². The average molecular weight is 494 g/mol. The number of nitrogens with one attached hydrogen (secondary N) is 1. The van der Waals surface area contributed by atoms with Crippen LogP contribution in [-0.4, -0.2) is 47.7 Å². The standard InChI is InChI=1S/C19H34N4OS.HI/c1-13(2)17-14(3)25-16(22-17)12-21-18(20-7)23-10-8-15(9-11-23)24-19(4,5)6;/h13,15H,8-12H2,1-7H3,(H,20,21);1H. The van der Waals surface area contributed by atoms with Crippen molar-refractivity contribution >= 4 is 41.3 Å². The summed E-state index contributed by atoms with van der Waals surface area (Å²) in [7, 11) is 1.85. The zero-order valence-electron chi connectivity index (χ0n) is 17.3. The first-order chi connectivity index (χ1) is 11.7. The van der Waals surface area contributed by atoms with Gasteiger partial charge in [0.25, 0.3) is 0 Å². The Bertz CT molecular complexity index is 587. The predicted molar refractivity (Wildman–Crippen MR) is 122 cm³/mol. The summed E-state index contributed by atoms with van der Waals surface area (Å²) >= 11 is 1.78. The SMILES string of the molecule is CN=C(NCc1nc(C(C)C)c(C)s1)N1CCC(OC(C)(C)C)CC1.I. The number of piperidine rings is 1. The molecule has 0 radical (unpaired) electrons. The number of rotatable bonds is 4. The number of halogens is 1. The Labute approximate surface area is 180 Å². The van der Waals surface area contributed by atoms with Crippen molar-refractivity contribution in [3.63, 3.8) is 0 Å². The highest BCUT2D eigenvalue weighted by Crippen LogP contribution is 2.24. The van der Waals surface area contributed by atoms with Crippen LogP contribution < -0.4 is 5.32 Å².